The molecule has 0 N–H and O–H groups in total. The van der Waals surface area contributed by atoms with Gasteiger partial charge in [0.1, 0.15) is 11.5 Å². The summed E-state index contributed by atoms with van der Waals surface area (Å²) in [7, 11) is 3.24. The van der Waals surface area contributed by atoms with E-state index >= 15 is 0 Å². The topological polar surface area (TPSA) is 60.9 Å². The van der Waals surface area contributed by atoms with Gasteiger partial charge in [-0.3, -0.25) is 9.69 Å². The van der Waals surface area contributed by atoms with Crippen LogP contribution in [-0.4, -0.2) is 44.4 Å². The number of hydrogen-bond donors (Lipinski definition) is 0. The number of aromatic nitrogens is 1. The lowest BCUT2D eigenvalue weighted by Crippen LogP contribution is -2.37. The molecule has 7 heteroatoms. The number of hydrogen-bond acceptors (Lipinski definition) is 6. The first kappa shape index (κ1) is 18.7. The second kappa shape index (κ2) is 8.16. The van der Waals surface area contributed by atoms with Gasteiger partial charge in [-0.15, -0.1) is 0 Å². The Balaban J connectivity index is 1.68. The molecule has 0 aliphatic carbocycles. The first-order chi connectivity index (χ1) is 13.7. The van der Waals surface area contributed by atoms with E-state index in [1.165, 1.54) is 11.3 Å². The molecule has 2 aromatic carbocycles. The van der Waals surface area contributed by atoms with Crippen LogP contribution in [-0.2, 0) is 4.74 Å². The number of amides is 1. The maximum atomic E-state index is 13.3. The molecule has 4 rings (SSSR count). The summed E-state index contributed by atoms with van der Waals surface area (Å²) in [5, 5.41) is 0.666. The standard InChI is InChI=1S/C21H22N2O4S/c1-25-15-7-5-14(6-8-15)20(24)23(13-17-4-3-11-27-17)21-22-18-12-16(26-2)9-10-19(18)28-21/h5-10,12,17H,3-4,11,13H2,1-2H3. The van der Waals surface area contributed by atoms with Gasteiger partial charge >= 0.3 is 0 Å². The first-order valence-corrected chi connectivity index (χ1v) is 10.0. The van der Waals surface area contributed by atoms with E-state index in [1.807, 2.05) is 18.2 Å². The highest BCUT2D eigenvalue weighted by Gasteiger charge is 2.27. The number of methoxy groups -OCH3 is 2. The van der Waals surface area contributed by atoms with Crippen molar-refractivity contribution in [2.24, 2.45) is 0 Å². The highest BCUT2D eigenvalue weighted by Crippen LogP contribution is 2.33. The zero-order chi connectivity index (χ0) is 19.5. The van der Waals surface area contributed by atoms with Crippen molar-refractivity contribution in [2.75, 3.05) is 32.3 Å². The lowest BCUT2D eigenvalue weighted by atomic mass is 10.1. The van der Waals surface area contributed by atoms with Crippen molar-refractivity contribution in [3.05, 3.63) is 48.0 Å². The summed E-state index contributed by atoms with van der Waals surface area (Å²) in [6, 6.07) is 12.9. The van der Waals surface area contributed by atoms with Crippen LogP contribution in [0.5, 0.6) is 11.5 Å². The van der Waals surface area contributed by atoms with Gasteiger partial charge in [0.05, 0.1) is 37.1 Å². The zero-order valence-corrected chi connectivity index (χ0v) is 16.7. The highest BCUT2D eigenvalue weighted by atomic mass is 32.1. The number of carbonyl (C=O) groups excluding carboxylic acids is 1. The molecule has 3 aromatic rings. The van der Waals surface area contributed by atoms with E-state index < -0.39 is 0 Å². The number of fused-ring (bicyclic) bond motifs is 1. The number of ether oxygens (including phenoxy) is 3. The molecule has 1 aliphatic heterocycles. The molecule has 1 atom stereocenters. The third kappa shape index (κ3) is 3.81. The normalized spacial score (nSPS) is 16.3. The van der Waals surface area contributed by atoms with Crippen LogP contribution in [0.3, 0.4) is 0 Å². The van der Waals surface area contributed by atoms with Crippen molar-refractivity contribution < 1.29 is 19.0 Å². The fourth-order valence-corrected chi connectivity index (χ4v) is 4.22. The van der Waals surface area contributed by atoms with E-state index in [9.17, 15) is 4.79 Å². The molecule has 1 saturated heterocycles. The fraction of sp³-hybridized carbons (Fsp3) is 0.333. The van der Waals surface area contributed by atoms with Crippen molar-refractivity contribution in [2.45, 2.75) is 18.9 Å². The van der Waals surface area contributed by atoms with Crippen LogP contribution in [0.1, 0.15) is 23.2 Å². The molecule has 1 unspecified atom stereocenters. The third-order valence-corrected chi connectivity index (χ3v) is 5.87. The molecule has 146 valence electrons. The van der Waals surface area contributed by atoms with Crippen LogP contribution in [0.4, 0.5) is 5.13 Å². The van der Waals surface area contributed by atoms with Gasteiger partial charge in [0, 0.05) is 18.2 Å². The minimum Gasteiger partial charge on any atom is -0.497 e. The zero-order valence-electron chi connectivity index (χ0n) is 15.9. The average Bonchev–Trinajstić information content (AvgIpc) is 3.40. The van der Waals surface area contributed by atoms with Gasteiger partial charge in [0.2, 0.25) is 0 Å². The number of carbonyl (C=O) groups is 1. The van der Waals surface area contributed by atoms with E-state index in [1.54, 1.807) is 43.4 Å². The average molecular weight is 398 g/mol. The second-order valence-corrected chi connectivity index (χ2v) is 7.62. The summed E-state index contributed by atoms with van der Waals surface area (Å²) < 4.78 is 17.3. The Morgan fingerprint density at radius 2 is 1.93 bits per heavy atom. The summed E-state index contributed by atoms with van der Waals surface area (Å²) in [6.07, 6.45) is 2.00. The van der Waals surface area contributed by atoms with Gasteiger partial charge in [-0.25, -0.2) is 4.98 Å². The lowest BCUT2D eigenvalue weighted by molar-refractivity contribution is 0.0917. The van der Waals surface area contributed by atoms with Crippen LogP contribution in [0.2, 0.25) is 0 Å². The summed E-state index contributed by atoms with van der Waals surface area (Å²) in [5.74, 6) is 1.37. The Morgan fingerprint density at radius 1 is 1.18 bits per heavy atom. The van der Waals surface area contributed by atoms with Gasteiger partial charge in [0.25, 0.3) is 5.91 Å². The molecule has 6 nitrogen and oxygen atoms in total. The molecule has 0 spiro atoms. The number of nitrogens with zero attached hydrogens (tertiary/aromatic N) is 2. The van der Waals surface area contributed by atoms with Crippen LogP contribution in [0, 0.1) is 0 Å². The van der Waals surface area contributed by atoms with Crippen molar-refractivity contribution in [3.63, 3.8) is 0 Å². The molecule has 1 fully saturated rings. The fourth-order valence-electron chi connectivity index (χ4n) is 3.27. The van der Waals surface area contributed by atoms with E-state index in [4.69, 9.17) is 19.2 Å². The van der Waals surface area contributed by atoms with E-state index in [2.05, 4.69) is 0 Å². The molecular formula is C21H22N2O4S. The largest absolute Gasteiger partial charge is 0.497 e. The smallest absolute Gasteiger partial charge is 0.260 e. The molecular weight excluding hydrogens is 376 g/mol. The second-order valence-electron chi connectivity index (χ2n) is 6.61. The summed E-state index contributed by atoms with van der Waals surface area (Å²) in [6.45, 7) is 1.23. The van der Waals surface area contributed by atoms with Gasteiger partial charge < -0.3 is 14.2 Å². The summed E-state index contributed by atoms with van der Waals surface area (Å²) >= 11 is 1.50. The van der Waals surface area contributed by atoms with Gasteiger partial charge in [-0.2, -0.15) is 0 Å². The third-order valence-electron chi connectivity index (χ3n) is 4.81. The van der Waals surface area contributed by atoms with Crippen LogP contribution < -0.4 is 14.4 Å². The van der Waals surface area contributed by atoms with Gasteiger partial charge in [-0.05, 0) is 49.2 Å². The maximum absolute atomic E-state index is 13.3. The Labute approximate surface area is 167 Å². The molecule has 28 heavy (non-hydrogen) atoms. The molecule has 1 aromatic heterocycles. The quantitative estimate of drug-likeness (QED) is 0.625. The van der Waals surface area contributed by atoms with Crippen LogP contribution in [0.15, 0.2) is 42.5 Å². The predicted octanol–water partition coefficient (Wildman–Crippen LogP) is 4.14. The lowest BCUT2D eigenvalue weighted by Gasteiger charge is -2.23. The van der Waals surface area contributed by atoms with Crippen molar-refractivity contribution >= 4 is 32.6 Å². The number of anilines is 1. The summed E-state index contributed by atoms with van der Waals surface area (Å²) in [5.41, 5.74) is 1.41. The number of rotatable bonds is 6. The maximum Gasteiger partial charge on any atom is 0.260 e. The van der Waals surface area contributed by atoms with E-state index in [-0.39, 0.29) is 12.0 Å². The van der Waals surface area contributed by atoms with Gasteiger partial charge in [-0.1, -0.05) is 11.3 Å². The Kier molecular flexibility index (Phi) is 5.45. The summed E-state index contributed by atoms with van der Waals surface area (Å²) in [4.78, 5) is 19.7. The molecule has 0 saturated carbocycles. The van der Waals surface area contributed by atoms with E-state index in [0.717, 1.165) is 35.4 Å². The molecule has 1 aliphatic rings. The Bertz CT molecular complexity index is 964. The first-order valence-electron chi connectivity index (χ1n) is 9.20. The SMILES string of the molecule is COc1ccc(C(=O)N(CC2CCCO2)c2nc3cc(OC)ccc3s2)cc1. The van der Waals surface area contributed by atoms with Crippen LogP contribution >= 0.6 is 11.3 Å². The van der Waals surface area contributed by atoms with Crippen molar-refractivity contribution in [1.29, 1.82) is 0 Å². The van der Waals surface area contributed by atoms with E-state index in [0.29, 0.717) is 23.0 Å². The van der Waals surface area contributed by atoms with Gasteiger partial charge in [0.15, 0.2) is 5.13 Å². The minimum absolute atomic E-state index is 0.0312. The Hall–Kier alpha value is -2.64. The molecule has 2 heterocycles. The number of thiazole rings is 1. The molecule has 0 radical (unpaired) electrons. The van der Waals surface area contributed by atoms with Crippen molar-refractivity contribution in [3.8, 4) is 11.5 Å². The monoisotopic (exact) mass is 398 g/mol. The highest BCUT2D eigenvalue weighted by molar-refractivity contribution is 7.22. The minimum atomic E-state index is -0.0934. The molecule has 1 amide bonds. The van der Waals surface area contributed by atoms with Crippen molar-refractivity contribution in [1.82, 2.24) is 4.98 Å². The number of benzene rings is 2. The Morgan fingerprint density at radius 3 is 2.61 bits per heavy atom. The van der Waals surface area contributed by atoms with Crippen LogP contribution in [0.25, 0.3) is 10.2 Å². The molecule has 0 bridgehead atoms. The predicted molar refractivity (Wildman–Crippen MR) is 110 cm³/mol.